The molecule has 3 heterocycles. The number of carbonyl (C=O) groups excluding carboxylic acids is 1. The van der Waals surface area contributed by atoms with Crippen LogP contribution in [0, 0.1) is 23.2 Å². The van der Waals surface area contributed by atoms with Gasteiger partial charge in [-0.1, -0.05) is 64.8 Å². The first-order valence-corrected chi connectivity index (χ1v) is 28.0. The van der Waals surface area contributed by atoms with Crippen LogP contribution in [-0.2, 0) is 93.0 Å². The smallest absolute Gasteiger partial charge is 0.394 e. The molecule has 80 heavy (non-hydrogen) atoms. The van der Waals surface area contributed by atoms with Gasteiger partial charge in [0.05, 0.1) is 95.9 Å². The zero-order valence-corrected chi connectivity index (χ0v) is 44.3. The first kappa shape index (κ1) is 81.1. The molecule has 1 amide bonds. The number of aliphatic hydroxyl groups excluding tert-OH is 9. The summed E-state index contributed by atoms with van der Waals surface area (Å²) in [5.74, 6) is -2.51. The van der Waals surface area contributed by atoms with E-state index in [9.17, 15) is 79.1 Å². The van der Waals surface area contributed by atoms with Crippen molar-refractivity contribution in [2.45, 2.75) is 164 Å². The largest absolute Gasteiger partial charge is 0.474 e. The average molecular weight is 1240 g/mol. The maximum absolute atomic E-state index is 12.7. The molecular formula is C44H94NO32P3. The highest BCUT2D eigenvalue weighted by molar-refractivity contribution is 7.47. The number of hydrogen-bond acceptors (Lipinski definition) is 29. The quantitative estimate of drug-likeness (QED) is 0.0206. The van der Waals surface area contributed by atoms with E-state index < -0.39 is 218 Å². The van der Waals surface area contributed by atoms with Crippen molar-refractivity contribution in [2.75, 3.05) is 93.2 Å². The summed E-state index contributed by atoms with van der Waals surface area (Å²) >= 11 is 0. The van der Waals surface area contributed by atoms with Gasteiger partial charge in [-0.15, -0.1) is 0 Å². The summed E-state index contributed by atoms with van der Waals surface area (Å²) in [7, 11) is -14.5. The van der Waals surface area contributed by atoms with Crippen LogP contribution in [0.2, 0.25) is 0 Å². The van der Waals surface area contributed by atoms with Crippen LogP contribution < -0.4 is 5.32 Å². The molecule has 0 aromatic heterocycles. The number of amides is 1. The van der Waals surface area contributed by atoms with Crippen LogP contribution in [-0.4, -0.2) is 252 Å². The summed E-state index contributed by atoms with van der Waals surface area (Å²) in [5, 5.41) is 91.8. The SMILES string of the molecule is C.C.C.C.C.CC(=O)NC1[C@H](OCCOP(=O)(O)OCOCOC2C(OCOP(=O)(O)OCCO[C@@H]3OC(CO)[C@H](O)[C@H](O)C3C)C2(COCOP(=O)(O)OCCO[C@@H]2OC(CO)[C@H](O)[C@H](O)C2C)C(C)C)OC(CO)[C@H](O)[C@@H]1O. The Labute approximate surface area is 467 Å². The van der Waals surface area contributed by atoms with Gasteiger partial charge < -0.3 is 113 Å². The van der Waals surface area contributed by atoms with E-state index >= 15 is 0 Å². The molecule has 4 rings (SSSR count). The fraction of sp³-hybridized carbons (Fsp3) is 0.977. The standard InChI is InChI=1S/C39H74NO32P3.5CH4/c1-20(2)39(15-57-17-67-73(51,52)64-9-6-59-36-21(3)28(45)30(47)24(12-41)70-36)34(35(39)63-19-69-75(55,56)66-10-7-60-37-22(4)29(46)31(48)25(13-42)71-37)62-16-58-18-68-74(53,54)65-11-8-61-38-27(40-23(5)44)33(50)32(49)26(14-43)72-38;;;;;/h20-22,24-38,41-43,45-50H,6-19H2,1-5H3,(H,40,44)(H,51,52)(H,53,54)(H,55,56);5*1H4/t21?,22?,24?,25?,26?,27?,28-,29-,30+,31+,32+,33-,34?,35?,36-,37-,38-,39?;;;;;/m1...../s1. The Morgan fingerprint density at radius 3 is 1.24 bits per heavy atom. The number of carbonyl (C=O) groups is 1. The molecule has 33 nitrogen and oxygen atoms in total. The summed E-state index contributed by atoms with van der Waals surface area (Å²) in [6.45, 7) is -0.718. The Hall–Kier alpha value is -0.960. The van der Waals surface area contributed by atoms with Crippen LogP contribution in [0.5, 0.6) is 0 Å². The van der Waals surface area contributed by atoms with Gasteiger partial charge >= 0.3 is 23.5 Å². The normalized spacial score (nSPS) is 35.3. The molecule has 0 aromatic carbocycles. The van der Waals surface area contributed by atoms with Crippen LogP contribution in [0.4, 0.5) is 0 Å². The molecule has 21 atom stereocenters. The van der Waals surface area contributed by atoms with Crippen LogP contribution in [0.15, 0.2) is 0 Å². The fourth-order valence-electron chi connectivity index (χ4n) is 8.11. The summed E-state index contributed by atoms with van der Waals surface area (Å²) in [5.41, 5.74) is -1.16. The minimum Gasteiger partial charge on any atom is -0.394 e. The lowest BCUT2D eigenvalue weighted by molar-refractivity contribution is -0.283. The lowest BCUT2D eigenvalue weighted by Gasteiger charge is -2.42. The van der Waals surface area contributed by atoms with Gasteiger partial charge in [0.25, 0.3) is 0 Å². The van der Waals surface area contributed by atoms with E-state index in [2.05, 4.69) is 5.32 Å². The molecule has 0 aromatic rings. The molecule has 3 saturated heterocycles. The highest BCUT2D eigenvalue weighted by Crippen LogP contribution is 2.57. The number of hydrogen-bond donors (Lipinski definition) is 13. The number of aliphatic hydroxyl groups is 9. The predicted molar refractivity (Wildman–Crippen MR) is 275 cm³/mol. The van der Waals surface area contributed by atoms with Crippen LogP contribution in [0.25, 0.3) is 0 Å². The van der Waals surface area contributed by atoms with Crippen molar-refractivity contribution in [3.05, 3.63) is 0 Å². The second kappa shape index (κ2) is 37.6. The minimum atomic E-state index is -4.84. The van der Waals surface area contributed by atoms with Gasteiger partial charge in [-0.3, -0.25) is 31.9 Å². The molecule has 3 aliphatic heterocycles. The highest BCUT2D eigenvalue weighted by Gasteiger charge is 2.69. The van der Waals surface area contributed by atoms with Crippen molar-refractivity contribution < 1.29 is 154 Å². The third kappa shape index (κ3) is 23.4. The first-order chi connectivity index (χ1) is 35.3. The Morgan fingerprint density at radius 1 is 0.500 bits per heavy atom. The molecular weight excluding hydrogens is 1150 g/mol. The third-order valence-corrected chi connectivity index (χ3v) is 15.4. The Balaban J connectivity index is 0. The zero-order valence-electron chi connectivity index (χ0n) is 41.7. The van der Waals surface area contributed by atoms with Crippen molar-refractivity contribution in [3.63, 3.8) is 0 Å². The number of ether oxygens (including phenoxy) is 10. The van der Waals surface area contributed by atoms with E-state index in [1.807, 2.05) is 0 Å². The van der Waals surface area contributed by atoms with Gasteiger partial charge in [0.2, 0.25) is 5.91 Å². The molecule has 1 aliphatic carbocycles. The summed E-state index contributed by atoms with van der Waals surface area (Å²) < 4.78 is 122. The van der Waals surface area contributed by atoms with Gasteiger partial charge in [-0.25, -0.2) is 13.7 Å². The third-order valence-electron chi connectivity index (χ3n) is 12.5. The predicted octanol–water partition coefficient (Wildman–Crippen LogP) is -0.999. The topological polar surface area (TPSA) is 471 Å². The van der Waals surface area contributed by atoms with Gasteiger partial charge in [-0.05, 0) is 5.92 Å². The molecule has 0 bridgehead atoms. The monoisotopic (exact) mass is 1240 g/mol. The molecule has 36 heteroatoms. The summed E-state index contributed by atoms with van der Waals surface area (Å²) in [6, 6.07) is -1.28. The number of rotatable bonds is 35. The maximum atomic E-state index is 12.7. The van der Waals surface area contributed by atoms with E-state index in [0.29, 0.717) is 0 Å². The van der Waals surface area contributed by atoms with Crippen molar-refractivity contribution in [3.8, 4) is 0 Å². The van der Waals surface area contributed by atoms with E-state index in [0.717, 1.165) is 6.92 Å². The Kier molecular flexibility index (Phi) is 38.1. The minimum absolute atomic E-state index is 0. The Bertz CT molecular complexity index is 1850. The molecule has 4 aliphatic rings. The fourth-order valence-corrected chi connectivity index (χ4v) is 9.86. The molecule has 12 unspecified atom stereocenters. The molecule has 1 saturated carbocycles. The lowest BCUT2D eigenvalue weighted by atomic mass is 9.92. The van der Waals surface area contributed by atoms with Crippen LogP contribution in [0.3, 0.4) is 0 Å². The molecule has 4 fully saturated rings. The van der Waals surface area contributed by atoms with Crippen molar-refractivity contribution in [1.82, 2.24) is 5.32 Å². The average Bonchev–Trinajstić information content (AvgIpc) is 3.98. The number of nitrogens with one attached hydrogen (secondary N) is 1. The summed E-state index contributed by atoms with van der Waals surface area (Å²) in [6.07, 6.45) is -17.7. The van der Waals surface area contributed by atoms with Crippen molar-refractivity contribution >= 4 is 29.4 Å². The van der Waals surface area contributed by atoms with Crippen molar-refractivity contribution in [2.24, 2.45) is 23.2 Å². The van der Waals surface area contributed by atoms with E-state index in [1.54, 1.807) is 13.8 Å². The van der Waals surface area contributed by atoms with Crippen LogP contribution >= 0.6 is 23.5 Å². The molecule has 13 N–H and O–H groups in total. The van der Waals surface area contributed by atoms with Gasteiger partial charge in [0.15, 0.2) is 39.2 Å². The van der Waals surface area contributed by atoms with Gasteiger partial charge in [0, 0.05) is 18.8 Å². The summed E-state index contributed by atoms with van der Waals surface area (Å²) in [4.78, 5) is 42.4. The number of phosphoric ester groups is 3. The van der Waals surface area contributed by atoms with Gasteiger partial charge in [0.1, 0.15) is 55.6 Å². The van der Waals surface area contributed by atoms with E-state index in [4.69, 9.17) is 74.5 Å². The van der Waals surface area contributed by atoms with Crippen molar-refractivity contribution in [1.29, 1.82) is 0 Å². The number of phosphoric acid groups is 3. The van der Waals surface area contributed by atoms with E-state index in [-0.39, 0.29) is 57.0 Å². The lowest BCUT2D eigenvalue weighted by Crippen LogP contribution is -2.64. The van der Waals surface area contributed by atoms with Gasteiger partial charge in [-0.2, -0.15) is 0 Å². The highest BCUT2D eigenvalue weighted by atomic mass is 31.2. The zero-order chi connectivity index (χ0) is 55.9. The molecule has 0 radical (unpaired) electrons. The molecule has 482 valence electrons. The second-order valence-corrected chi connectivity index (χ2v) is 22.3. The second-order valence-electron chi connectivity index (χ2n) is 17.9. The molecule has 0 spiro atoms. The maximum Gasteiger partial charge on any atom is 0.474 e. The Morgan fingerprint density at radius 2 is 0.850 bits per heavy atom. The van der Waals surface area contributed by atoms with E-state index in [1.165, 1.54) is 13.8 Å². The van der Waals surface area contributed by atoms with Crippen LogP contribution in [0.1, 0.15) is 71.8 Å². The first-order valence-electron chi connectivity index (χ1n) is 23.5.